The van der Waals surface area contributed by atoms with Crippen LogP contribution >= 0.6 is 0 Å². The van der Waals surface area contributed by atoms with Crippen LogP contribution in [0.4, 0.5) is 24.5 Å². The molecule has 1 unspecified atom stereocenters. The van der Waals surface area contributed by atoms with Gasteiger partial charge in [-0.3, -0.25) is 0 Å². The molecule has 0 amide bonds. The third-order valence-electron chi connectivity index (χ3n) is 4.60. The molecule has 0 spiro atoms. The first-order chi connectivity index (χ1) is 13.5. The Balaban J connectivity index is 1.80. The molecule has 2 aromatic carbocycles. The number of hydrogen-bond acceptors (Lipinski definition) is 5. The number of anilines is 2. The van der Waals surface area contributed by atoms with E-state index in [1.54, 1.807) is 25.1 Å². The van der Waals surface area contributed by atoms with Crippen LogP contribution in [0, 0.1) is 0 Å². The number of fused-ring (bicyclic) bond motifs is 2. The Morgan fingerprint density at radius 1 is 1.10 bits per heavy atom. The molecule has 6 nitrogen and oxygen atoms in total. The van der Waals surface area contributed by atoms with E-state index >= 15 is 0 Å². The van der Waals surface area contributed by atoms with Crippen LogP contribution in [0.1, 0.15) is 23.3 Å². The molecule has 1 heterocycles. The summed E-state index contributed by atoms with van der Waals surface area (Å²) in [6, 6.07) is 7.96. The molecule has 0 saturated heterocycles. The maximum absolute atomic E-state index is 12.9. The van der Waals surface area contributed by atoms with E-state index in [4.69, 9.17) is 4.74 Å². The van der Waals surface area contributed by atoms with E-state index < -0.39 is 27.0 Å². The van der Waals surface area contributed by atoms with Gasteiger partial charge in [0.1, 0.15) is 0 Å². The van der Waals surface area contributed by atoms with Crippen LogP contribution in [0.2, 0.25) is 0 Å². The standard InChI is InChI=1S/C19H22F3N3O3S/c1-12(29(26,27)23-8-9-25(2)3)13-4-7-17-16(10-13)24-15-6-5-14(19(20,21)22)11-18(15)28-17/h4-7,10-12,23-24H,8-9H2,1-3H3. The maximum atomic E-state index is 12.9. The zero-order valence-electron chi connectivity index (χ0n) is 16.2. The van der Waals surface area contributed by atoms with Gasteiger partial charge in [-0.1, -0.05) is 6.07 Å². The predicted octanol–water partition coefficient (Wildman–Crippen LogP) is 4.10. The Labute approximate surface area is 167 Å². The highest BCUT2D eigenvalue weighted by Gasteiger charge is 2.32. The summed E-state index contributed by atoms with van der Waals surface area (Å²) in [7, 11) is 0.111. The highest BCUT2D eigenvalue weighted by atomic mass is 32.2. The van der Waals surface area contributed by atoms with Crippen molar-refractivity contribution in [3.05, 3.63) is 47.5 Å². The Kier molecular flexibility index (Phi) is 5.79. The number of halogens is 3. The molecule has 0 saturated carbocycles. The first-order valence-electron chi connectivity index (χ1n) is 8.90. The molecule has 29 heavy (non-hydrogen) atoms. The summed E-state index contributed by atoms with van der Waals surface area (Å²) >= 11 is 0. The van der Waals surface area contributed by atoms with Crippen LogP contribution in [0.5, 0.6) is 11.5 Å². The van der Waals surface area contributed by atoms with Gasteiger partial charge in [-0.2, -0.15) is 13.2 Å². The third kappa shape index (κ3) is 4.82. The fourth-order valence-corrected chi connectivity index (χ4v) is 3.98. The first kappa shape index (κ1) is 21.4. The molecule has 3 rings (SSSR count). The van der Waals surface area contributed by atoms with Gasteiger partial charge in [0.25, 0.3) is 0 Å². The van der Waals surface area contributed by atoms with Crippen LogP contribution in [-0.4, -0.2) is 40.5 Å². The van der Waals surface area contributed by atoms with Crippen molar-refractivity contribution in [1.82, 2.24) is 9.62 Å². The number of hydrogen-bond donors (Lipinski definition) is 2. The summed E-state index contributed by atoms with van der Waals surface area (Å²) in [6.07, 6.45) is -4.47. The number of rotatable bonds is 6. The van der Waals surface area contributed by atoms with E-state index in [0.29, 0.717) is 35.8 Å². The van der Waals surface area contributed by atoms with Gasteiger partial charge in [0, 0.05) is 13.1 Å². The fraction of sp³-hybridized carbons (Fsp3) is 0.368. The lowest BCUT2D eigenvalue weighted by Crippen LogP contribution is -2.33. The Morgan fingerprint density at radius 3 is 2.48 bits per heavy atom. The molecule has 1 atom stereocenters. The minimum atomic E-state index is -4.47. The third-order valence-corrected chi connectivity index (χ3v) is 6.41. The fourth-order valence-electron chi connectivity index (χ4n) is 2.85. The molecule has 0 radical (unpaired) electrons. The molecule has 10 heteroatoms. The average Bonchev–Trinajstić information content (AvgIpc) is 2.63. The molecule has 2 N–H and O–H groups in total. The minimum absolute atomic E-state index is 0.0612. The van der Waals surface area contributed by atoms with E-state index in [-0.39, 0.29) is 5.75 Å². The lowest BCUT2D eigenvalue weighted by molar-refractivity contribution is -0.137. The normalized spacial score (nSPS) is 14.6. The van der Waals surface area contributed by atoms with Gasteiger partial charge in [-0.15, -0.1) is 0 Å². The van der Waals surface area contributed by atoms with Crippen molar-refractivity contribution in [1.29, 1.82) is 0 Å². The number of sulfonamides is 1. The summed E-state index contributed by atoms with van der Waals surface area (Å²) in [5.74, 6) is 0.386. The van der Waals surface area contributed by atoms with Crippen LogP contribution in [0.3, 0.4) is 0 Å². The topological polar surface area (TPSA) is 70.7 Å². The molecule has 0 fully saturated rings. The van der Waals surface area contributed by atoms with Gasteiger partial charge in [-0.05, 0) is 56.9 Å². The van der Waals surface area contributed by atoms with E-state index in [1.807, 2.05) is 19.0 Å². The second-order valence-corrected chi connectivity index (χ2v) is 9.16. The monoisotopic (exact) mass is 429 g/mol. The molecule has 0 aliphatic carbocycles. The number of ether oxygens (including phenoxy) is 1. The lowest BCUT2D eigenvalue weighted by Gasteiger charge is -2.24. The van der Waals surface area contributed by atoms with Gasteiger partial charge < -0.3 is 15.0 Å². The van der Waals surface area contributed by atoms with Crippen molar-refractivity contribution >= 4 is 21.4 Å². The Hall–Kier alpha value is -2.30. The molecule has 0 bridgehead atoms. The number of likely N-dealkylation sites (N-methyl/N-ethyl adjacent to an activating group) is 1. The molecule has 1 aliphatic rings. The number of nitrogens with one attached hydrogen (secondary N) is 2. The Morgan fingerprint density at radius 2 is 1.83 bits per heavy atom. The van der Waals surface area contributed by atoms with Gasteiger partial charge in [0.15, 0.2) is 11.5 Å². The van der Waals surface area contributed by atoms with E-state index in [1.165, 1.54) is 6.07 Å². The second-order valence-electron chi connectivity index (χ2n) is 7.08. The van der Waals surface area contributed by atoms with Crippen molar-refractivity contribution in [2.24, 2.45) is 0 Å². The smallest absolute Gasteiger partial charge is 0.416 e. The summed E-state index contributed by atoms with van der Waals surface area (Å²) in [4.78, 5) is 1.87. The largest absolute Gasteiger partial charge is 0.453 e. The van der Waals surface area contributed by atoms with Crippen LogP contribution < -0.4 is 14.8 Å². The van der Waals surface area contributed by atoms with E-state index in [9.17, 15) is 21.6 Å². The van der Waals surface area contributed by atoms with Gasteiger partial charge in [0.2, 0.25) is 10.0 Å². The summed E-state index contributed by atoms with van der Waals surface area (Å²) in [6.45, 7) is 2.44. The van der Waals surface area contributed by atoms with Crippen LogP contribution in [0.15, 0.2) is 36.4 Å². The number of nitrogens with zero attached hydrogens (tertiary/aromatic N) is 1. The molecule has 158 valence electrons. The predicted molar refractivity (Wildman–Crippen MR) is 105 cm³/mol. The highest BCUT2D eigenvalue weighted by Crippen LogP contribution is 2.45. The van der Waals surface area contributed by atoms with Crippen molar-refractivity contribution in [3.8, 4) is 11.5 Å². The molecular weight excluding hydrogens is 407 g/mol. The zero-order chi connectivity index (χ0) is 21.4. The van der Waals surface area contributed by atoms with Gasteiger partial charge in [-0.25, -0.2) is 13.1 Å². The molecule has 0 aromatic heterocycles. The number of alkyl halides is 3. The van der Waals surface area contributed by atoms with Crippen molar-refractivity contribution < 1.29 is 26.3 Å². The second kappa shape index (κ2) is 7.85. The molecular formula is C19H22F3N3O3S. The average molecular weight is 429 g/mol. The lowest BCUT2D eigenvalue weighted by atomic mass is 10.1. The van der Waals surface area contributed by atoms with Crippen molar-refractivity contribution in [2.75, 3.05) is 32.5 Å². The van der Waals surface area contributed by atoms with E-state index in [0.717, 1.165) is 12.1 Å². The first-order valence-corrected chi connectivity index (χ1v) is 10.5. The maximum Gasteiger partial charge on any atom is 0.416 e. The van der Waals surface area contributed by atoms with Crippen LogP contribution in [0.25, 0.3) is 0 Å². The molecule has 1 aliphatic heterocycles. The Bertz CT molecular complexity index is 1010. The van der Waals surface area contributed by atoms with Crippen molar-refractivity contribution in [2.45, 2.75) is 18.3 Å². The SMILES string of the molecule is CC(c1ccc2c(c1)Nc1ccc(C(F)(F)F)cc1O2)S(=O)(=O)NCCN(C)C. The van der Waals surface area contributed by atoms with Gasteiger partial charge in [0.05, 0.1) is 22.2 Å². The van der Waals surface area contributed by atoms with Gasteiger partial charge >= 0.3 is 6.18 Å². The minimum Gasteiger partial charge on any atom is -0.453 e. The highest BCUT2D eigenvalue weighted by molar-refractivity contribution is 7.89. The number of benzene rings is 2. The molecule has 2 aromatic rings. The summed E-state index contributed by atoms with van der Waals surface area (Å²) in [5.41, 5.74) is 0.599. The van der Waals surface area contributed by atoms with E-state index in [2.05, 4.69) is 10.0 Å². The van der Waals surface area contributed by atoms with Crippen LogP contribution in [-0.2, 0) is 16.2 Å². The van der Waals surface area contributed by atoms with Crippen molar-refractivity contribution in [3.63, 3.8) is 0 Å². The quantitative estimate of drug-likeness (QED) is 0.618. The zero-order valence-corrected chi connectivity index (χ0v) is 17.0. The summed E-state index contributed by atoms with van der Waals surface area (Å²) < 4.78 is 71.9. The summed E-state index contributed by atoms with van der Waals surface area (Å²) in [5, 5.41) is 2.20.